The van der Waals surface area contributed by atoms with Gasteiger partial charge in [0.15, 0.2) is 5.82 Å². The number of nitrogens with zero attached hydrogens (tertiary/aromatic N) is 4. The molecular formula is C19H23N5. The first-order valence-electron chi connectivity index (χ1n) is 8.21. The van der Waals surface area contributed by atoms with E-state index in [1.54, 1.807) is 6.20 Å². The summed E-state index contributed by atoms with van der Waals surface area (Å²) in [4.78, 5) is 15.5. The number of anilines is 1. The molecule has 1 aromatic heterocycles. The van der Waals surface area contributed by atoms with Gasteiger partial charge >= 0.3 is 0 Å². The van der Waals surface area contributed by atoms with Crippen molar-refractivity contribution in [3.05, 3.63) is 53.2 Å². The van der Waals surface area contributed by atoms with Crippen LogP contribution in [0, 0.1) is 20.8 Å². The Kier molecular flexibility index (Phi) is 4.89. The Bertz CT molecular complexity index is 779. The molecule has 3 rings (SSSR count). The highest BCUT2D eigenvalue weighted by Crippen LogP contribution is 2.18. The fourth-order valence-corrected chi connectivity index (χ4v) is 2.64. The smallest absolute Gasteiger partial charge is 0.156 e. The minimum Gasteiger partial charge on any atom is -0.378 e. The summed E-state index contributed by atoms with van der Waals surface area (Å²) in [6.45, 7) is 8.63. The second-order valence-electron chi connectivity index (χ2n) is 5.98. The van der Waals surface area contributed by atoms with E-state index in [2.05, 4.69) is 57.2 Å². The van der Waals surface area contributed by atoms with Gasteiger partial charge in [-0.15, -0.1) is 0 Å². The lowest BCUT2D eigenvalue weighted by Crippen LogP contribution is -2.31. The lowest BCUT2D eigenvalue weighted by atomic mass is 10.1. The summed E-state index contributed by atoms with van der Waals surface area (Å²) in [6, 6.07) is 10.2. The number of benzene rings is 1. The van der Waals surface area contributed by atoms with E-state index in [0.717, 1.165) is 36.0 Å². The van der Waals surface area contributed by atoms with E-state index in [1.807, 2.05) is 25.4 Å². The number of aryl methyl sites for hydroxylation is 2. The van der Waals surface area contributed by atoms with Crippen LogP contribution >= 0.6 is 0 Å². The van der Waals surface area contributed by atoms with Gasteiger partial charge in [-0.2, -0.15) is 0 Å². The summed E-state index contributed by atoms with van der Waals surface area (Å²) in [6.07, 6.45) is 3.60. The largest absolute Gasteiger partial charge is 0.378 e. The van der Waals surface area contributed by atoms with Gasteiger partial charge in [-0.05, 0) is 49.6 Å². The zero-order valence-corrected chi connectivity index (χ0v) is 14.5. The van der Waals surface area contributed by atoms with E-state index < -0.39 is 0 Å². The van der Waals surface area contributed by atoms with E-state index in [1.165, 1.54) is 11.1 Å². The van der Waals surface area contributed by atoms with Crippen molar-refractivity contribution in [3.8, 4) is 0 Å². The normalized spacial score (nSPS) is 14.3. The van der Waals surface area contributed by atoms with Crippen molar-refractivity contribution in [1.29, 1.82) is 0 Å². The van der Waals surface area contributed by atoms with Gasteiger partial charge in [-0.1, -0.05) is 18.2 Å². The standard InChI is InChI=1S/C19H23N5/c1-14-6-4-8-17(16(14)3)22-12-18-20-10-11-24(18)13-23-19-15(2)7-5-9-21-19/h4-9,13,22H,10-12H2,1-3H3/b23-13-. The molecule has 5 nitrogen and oxygen atoms in total. The van der Waals surface area contributed by atoms with E-state index in [9.17, 15) is 0 Å². The monoisotopic (exact) mass is 321 g/mol. The van der Waals surface area contributed by atoms with Crippen molar-refractivity contribution in [2.75, 3.05) is 25.0 Å². The highest BCUT2D eigenvalue weighted by Gasteiger charge is 2.15. The molecule has 1 aliphatic rings. The Labute approximate surface area is 143 Å². The van der Waals surface area contributed by atoms with Gasteiger partial charge in [0.25, 0.3) is 0 Å². The molecule has 0 saturated heterocycles. The first-order chi connectivity index (χ1) is 11.6. The molecule has 0 fully saturated rings. The highest BCUT2D eigenvalue weighted by atomic mass is 15.3. The summed E-state index contributed by atoms with van der Waals surface area (Å²) in [7, 11) is 0. The van der Waals surface area contributed by atoms with Crippen molar-refractivity contribution in [2.24, 2.45) is 9.98 Å². The second-order valence-corrected chi connectivity index (χ2v) is 5.98. The molecule has 0 aliphatic carbocycles. The number of rotatable bonds is 5. The molecule has 124 valence electrons. The van der Waals surface area contributed by atoms with E-state index in [0.29, 0.717) is 6.54 Å². The van der Waals surface area contributed by atoms with Crippen LogP contribution in [0.2, 0.25) is 0 Å². The molecule has 5 heteroatoms. The Morgan fingerprint density at radius 2 is 2.00 bits per heavy atom. The molecule has 0 bridgehead atoms. The quantitative estimate of drug-likeness (QED) is 0.677. The van der Waals surface area contributed by atoms with E-state index >= 15 is 0 Å². The van der Waals surface area contributed by atoms with Crippen LogP contribution in [-0.4, -0.2) is 41.7 Å². The fraction of sp³-hybridized carbons (Fsp3) is 0.316. The Morgan fingerprint density at radius 3 is 2.83 bits per heavy atom. The summed E-state index contributed by atoms with van der Waals surface area (Å²) in [5.41, 5.74) is 4.79. The molecule has 0 spiro atoms. The number of aromatic nitrogens is 1. The Balaban J connectivity index is 1.66. The average Bonchev–Trinajstić information content (AvgIpc) is 3.03. The van der Waals surface area contributed by atoms with Crippen LogP contribution in [0.4, 0.5) is 11.5 Å². The Morgan fingerprint density at radius 1 is 1.17 bits per heavy atom. The third-order valence-corrected chi connectivity index (χ3v) is 4.31. The van der Waals surface area contributed by atoms with Crippen LogP contribution in [0.1, 0.15) is 16.7 Å². The van der Waals surface area contributed by atoms with Gasteiger partial charge in [0, 0.05) is 18.4 Å². The van der Waals surface area contributed by atoms with Crippen LogP contribution < -0.4 is 5.32 Å². The lowest BCUT2D eigenvalue weighted by Gasteiger charge is -2.17. The molecule has 2 heterocycles. The molecule has 0 saturated carbocycles. The number of nitrogens with one attached hydrogen (secondary N) is 1. The topological polar surface area (TPSA) is 52.9 Å². The maximum absolute atomic E-state index is 4.59. The van der Waals surface area contributed by atoms with Crippen molar-refractivity contribution in [3.63, 3.8) is 0 Å². The predicted molar refractivity (Wildman–Crippen MR) is 101 cm³/mol. The summed E-state index contributed by atoms with van der Waals surface area (Å²) >= 11 is 0. The van der Waals surface area contributed by atoms with E-state index in [4.69, 9.17) is 0 Å². The number of aliphatic imine (C=N–C) groups is 2. The predicted octanol–water partition coefficient (Wildman–Crippen LogP) is 3.49. The molecule has 2 aromatic rings. The molecule has 1 aliphatic heterocycles. The van der Waals surface area contributed by atoms with Crippen molar-refractivity contribution >= 4 is 23.7 Å². The van der Waals surface area contributed by atoms with Crippen molar-refractivity contribution in [1.82, 2.24) is 9.88 Å². The van der Waals surface area contributed by atoms with Gasteiger partial charge in [-0.25, -0.2) is 9.98 Å². The third kappa shape index (κ3) is 3.62. The van der Waals surface area contributed by atoms with Gasteiger partial charge in [0.05, 0.1) is 19.4 Å². The van der Waals surface area contributed by atoms with Gasteiger partial charge in [0.2, 0.25) is 0 Å². The van der Waals surface area contributed by atoms with Gasteiger partial charge in [-0.3, -0.25) is 4.99 Å². The minimum absolute atomic E-state index is 0.692. The Hall–Kier alpha value is -2.69. The molecule has 0 radical (unpaired) electrons. The van der Waals surface area contributed by atoms with Gasteiger partial charge < -0.3 is 10.2 Å². The average molecular weight is 321 g/mol. The second kappa shape index (κ2) is 7.25. The maximum atomic E-state index is 4.59. The molecule has 24 heavy (non-hydrogen) atoms. The molecular weight excluding hydrogens is 298 g/mol. The molecule has 1 aromatic carbocycles. The molecule has 1 N–H and O–H groups in total. The first kappa shape index (κ1) is 16.2. The molecule has 0 unspecified atom stereocenters. The number of hydrogen-bond donors (Lipinski definition) is 1. The summed E-state index contributed by atoms with van der Waals surface area (Å²) < 4.78 is 0. The minimum atomic E-state index is 0.692. The number of amidine groups is 1. The number of pyridine rings is 1. The van der Waals surface area contributed by atoms with Crippen LogP contribution in [-0.2, 0) is 0 Å². The van der Waals surface area contributed by atoms with Crippen molar-refractivity contribution < 1.29 is 0 Å². The van der Waals surface area contributed by atoms with Crippen LogP contribution in [0.5, 0.6) is 0 Å². The fourth-order valence-electron chi connectivity index (χ4n) is 2.64. The summed E-state index contributed by atoms with van der Waals surface area (Å²) in [5.74, 6) is 1.76. The van der Waals surface area contributed by atoms with Gasteiger partial charge in [0.1, 0.15) is 5.84 Å². The lowest BCUT2D eigenvalue weighted by molar-refractivity contribution is 0.677. The maximum Gasteiger partial charge on any atom is 0.156 e. The SMILES string of the molecule is Cc1cccnc1/N=C\N1CCN=C1CNc1cccc(C)c1C. The molecule has 0 atom stereocenters. The van der Waals surface area contributed by atoms with Crippen LogP contribution in [0.15, 0.2) is 46.5 Å². The third-order valence-electron chi connectivity index (χ3n) is 4.31. The van der Waals surface area contributed by atoms with Crippen LogP contribution in [0.25, 0.3) is 0 Å². The zero-order chi connectivity index (χ0) is 16.9. The van der Waals surface area contributed by atoms with E-state index in [-0.39, 0.29) is 0 Å². The zero-order valence-electron chi connectivity index (χ0n) is 14.5. The first-order valence-corrected chi connectivity index (χ1v) is 8.21. The summed E-state index contributed by atoms with van der Waals surface area (Å²) in [5, 5.41) is 3.49. The highest BCUT2D eigenvalue weighted by molar-refractivity contribution is 5.96. The number of hydrogen-bond acceptors (Lipinski definition) is 4. The van der Waals surface area contributed by atoms with Crippen LogP contribution in [0.3, 0.4) is 0 Å². The molecule has 0 amide bonds. The van der Waals surface area contributed by atoms with Crippen molar-refractivity contribution in [2.45, 2.75) is 20.8 Å².